The Morgan fingerprint density at radius 1 is 1.53 bits per heavy atom. The van der Waals surface area contributed by atoms with Crippen LogP contribution < -0.4 is 5.32 Å². The van der Waals surface area contributed by atoms with Crippen LogP contribution in [0.5, 0.6) is 0 Å². The standard InChI is InChI=1S/C13H19NO3/c1-3-10(4-2)8-13(16)14-11(9-15)12-6-5-7-17-12/h5-8,11,15H,3-4,9H2,1-2H3,(H,14,16). The second kappa shape index (κ2) is 6.91. The van der Waals surface area contributed by atoms with Crippen molar-refractivity contribution in [1.82, 2.24) is 5.32 Å². The van der Waals surface area contributed by atoms with E-state index in [0.717, 1.165) is 18.4 Å². The molecule has 94 valence electrons. The summed E-state index contributed by atoms with van der Waals surface area (Å²) in [6.45, 7) is 3.85. The fourth-order valence-corrected chi connectivity index (χ4v) is 1.55. The fraction of sp³-hybridized carbons (Fsp3) is 0.462. The van der Waals surface area contributed by atoms with E-state index in [2.05, 4.69) is 5.32 Å². The van der Waals surface area contributed by atoms with Gasteiger partial charge in [-0.25, -0.2) is 0 Å². The van der Waals surface area contributed by atoms with Crippen LogP contribution in [0.25, 0.3) is 0 Å². The van der Waals surface area contributed by atoms with E-state index in [0.29, 0.717) is 5.76 Å². The lowest BCUT2D eigenvalue weighted by molar-refractivity contribution is -0.117. The molecular weight excluding hydrogens is 218 g/mol. The molecule has 0 saturated carbocycles. The van der Waals surface area contributed by atoms with Crippen LogP contribution in [0.3, 0.4) is 0 Å². The molecule has 4 nitrogen and oxygen atoms in total. The van der Waals surface area contributed by atoms with Crippen LogP contribution in [0.1, 0.15) is 38.5 Å². The number of amides is 1. The van der Waals surface area contributed by atoms with Crippen molar-refractivity contribution in [2.24, 2.45) is 0 Å². The van der Waals surface area contributed by atoms with Crippen LogP contribution in [0.2, 0.25) is 0 Å². The summed E-state index contributed by atoms with van der Waals surface area (Å²) < 4.78 is 5.15. The molecule has 2 N–H and O–H groups in total. The Morgan fingerprint density at radius 2 is 2.24 bits per heavy atom. The molecule has 1 heterocycles. The molecule has 0 saturated heterocycles. The zero-order chi connectivity index (χ0) is 12.7. The monoisotopic (exact) mass is 237 g/mol. The van der Waals surface area contributed by atoms with Gasteiger partial charge in [0.05, 0.1) is 12.9 Å². The van der Waals surface area contributed by atoms with Gasteiger partial charge >= 0.3 is 0 Å². The molecule has 0 bridgehead atoms. The number of nitrogens with one attached hydrogen (secondary N) is 1. The highest BCUT2D eigenvalue weighted by atomic mass is 16.3. The first-order chi connectivity index (χ1) is 8.21. The summed E-state index contributed by atoms with van der Waals surface area (Å²) in [5, 5.41) is 11.9. The third-order valence-electron chi connectivity index (χ3n) is 2.63. The highest BCUT2D eigenvalue weighted by molar-refractivity contribution is 5.88. The van der Waals surface area contributed by atoms with E-state index < -0.39 is 6.04 Å². The number of rotatable bonds is 6. The smallest absolute Gasteiger partial charge is 0.244 e. The van der Waals surface area contributed by atoms with E-state index >= 15 is 0 Å². The number of allylic oxidation sites excluding steroid dienone is 1. The van der Waals surface area contributed by atoms with Gasteiger partial charge in [0.25, 0.3) is 0 Å². The molecule has 1 rings (SSSR count). The van der Waals surface area contributed by atoms with Crippen LogP contribution in [0, 0.1) is 0 Å². The van der Waals surface area contributed by atoms with Gasteiger partial charge in [-0.3, -0.25) is 4.79 Å². The average Bonchev–Trinajstić information content (AvgIpc) is 2.86. The molecule has 0 aliphatic heterocycles. The summed E-state index contributed by atoms with van der Waals surface area (Å²) in [6, 6.07) is 2.97. The van der Waals surface area contributed by atoms with Crippen molar-refractivity contribution in [2.75, 3.05) is 6.61 Å². The van der Waals surface area contributed by atoms with Gasteiger partial charge < -0.3 is 14.8 Å². The van der Waals surface area contributed by atoms with Crippen molar-refractivity contribution in [3.8, 4) is 0 Å². The van der Waals surface area contributed by atoms with Crippen molar-refractivity contribution in [3.05, 3.63) is 35.8 Å². The highest BCUT2D eigenvalue weighted by Crippen LogP contribution is 2.13. The SMILES string of the molecule is CCC(=CC(=O)NC(CO)c1ccco1)CC. The molecule has 1 aromatic heterocycles. The summed E-state index contributed by atoms with van der Waals surface area (Å²) in [4.78, 5) is 11.7. The molecule has 1 atom stereocenters. The Morgan fingerprint density at radius 3 is 2.71 bits per heavy atom. The van der Waals surface area contributed by atoms with Crippen molar-refractivity contribution in [1.29, 1.82) is 0 Å². The van der Waals surface area contributed by atoms with E-state index in [4.69, 9.17) is 4.42 Å². The number of hydrogen-bond donors (Lipinski definition) is 2. The Balaban J connectivity index is 2.63. The number of furan rings is 1. The minimum absolute atomic E-state index is 0.180. The summed E-state index contributed by atoms with van der Waals surface area (Å²) in [5.41, 5.74) is 1.08. The van der Waals surface area contributed by atoms with E-state index in [1.165, 1.54) is 6.26 Å². The maximum Gasteiger partial charge on any atom is 0.244 e. The van der Waals surface area contributed by atoms with E-state index in [1.807, 2.05) is 13.8 Å². The molecule has 0 aliphatic rings. The van der Waals surface area contributed by atoms with Crippen LogP contribution in [-0.2, 0) is 4.79 Å². The minimum atomic E-state index is -0.483. The Labute approximate surface area is 101 Å². The Hall–Kier alpha value is -1.55. The van der Waals surface area contributed by atoms with Gasteiger partial charge in [-0.1, -0.05) is 19.4 Å². The summed E-state index contributed by atoms with van der Waals surface area (Å²) in [7, 11) is 0. The van der Waals surface area contributed by atoms with Crippen LogP contribution >= 0.6 is 0 Å². The first-order valence-corrected chi connectivity index (χ1v) is 5.85. The zero-order valence-corrected chi connectivity index (χ0v) is 10.3. The molecule has 0 aliphatic carbocycles. The normalized spacial score (nSPS) is 11.9. The van der Waals surface area contributed by atoms with Crippen LogP contribution in [0.15, 0.2) is 34.5 Å². The maximum atomic E-state index is 11.7. The third kappa shape index (κ3) is 4.07. The second-order valence-corrected chi connectivity index (χ2v) is 3.77. The van der Waals surface area contributed by atoms with Crippen LogP contribution in [-0.4, -0.2) is 17.6 Å². The Bertz CT molecular complexity index is 362. The summed E-state index contributed by atoms with van der Waals surface area (Å²) in [5.74, 6) is 0.364. The van der Waals surface area contributed by atoms with Gasteiger partial charge in [-0.15, -0.1) is 0 Å². The van der Waals surface area contributed by atoms with E-state index in [9.17, 15) is 9.90 Å². The number of aliphatic hydroxyl groups is 1. The number of carbonyl (C=O) groups is 1. The molecule has 17 heavy (non-hydrogen) atoms. The Kier molecular flexibility index (Phi) is 5.49. The predicted molar refractivity (Wildman–Crippen MR) is 65.3 cm³/mol. The van der Waals surface area contributed by atoms with Gasteiger partial charge in [0.1, 0.15) is 11.8 Å². The van der Waals surface area contributed by atoms with Gasteiger partial charge in [0.15, 0.2) is 0 Å². The van der Waals surface area contributed by atoms with Crippen LogP contribution in [0.4, 0.5) is 0 Å². The molecule has 1 unspecified atom stereocenters. The number of hydrogen-bond acceptors (Lipinski definition) is 3. The van der Waals surface area contributed by atoms with Crippen molar-refractivity contribution < 1.29 is 14.3 Å². The molecule has 4 heteroatoms. The second-order valence-electron chi connectivity index (χ2n) is 3.77. The lowest BCUT2D eigenvalue weighted by Gasteiger charge is -2.12. The van der Waals surface area contributed by atoms with Gasteiger partial charge in [0.2, 0.25) is 5.91 Å². The fourth-order valence-electron chi connectivity index (χ4n) is 1.55. The minimum Gasteiger partial charge on any atom is -0.467 e. The molecule has 0 spiro atoms. The molecule has 1 amide bonds. The molecule has 0 fully saturated rings. The number of aliphatic hydroxyl groups excluding tert-OH is 1. The first kappa shape index (κ1) is 13.5. The van der Waals surface area contributed by atoms with E-state index in [1.54, 1.807) is 18.2 Å². The lowest BCUT2D eigenvalue weighted by Crippen LogP contribution is -2.29. The average molecular weight is 237 g/mol. The molecular formula is C13H19NO3. The molecule has 1 aromatic rings. The quantitative estimate of drug-likeness (QED) is 0.745. The molecule has 0 aromatic carbocycles. The third-order valence-corrected chi connectivity index (χ3v) is 2.63. The summed E-state index contributed by atoms with van der Waals surface area (Å²) in [6.07, 6.45) is 4.82. The first-order valence-electron chi connectivity index (χ1n) is 5.85. The largest absolute Gasteiger partial charge is 0.467 e. The number of carbonyl (C=O) groups excluding carboxylic acids is 1. The van der Waals surface area contributed by atoms with Crippen molar-refractivity contribution in [2.45, 2.75) is 32.7 Å². The topological polar surface area (TPSA) is 62.5 Å². The highest BCUT2D eigenvalue weighted by Gasteiger charge is 2.14. The lowest BCUT2D eigenvalue weighted by atomic mass is 10.1. The summed E-state index contributed by atoms with van der Waals surface area (Å²) >= 11 is 0. The molecule has 0 radical (unpaired) electrons. The van der Waals surface area contributed by atoms with Crippen molar-refractivity contribution in [3.63, 3.8) is 0 Å². The predicted octanol–water partition coefficient (Wildman–Crippen LogP) is 2.18. The maximum absolute atomic E-state index is 11.7. The van der Waals surface area contributed by atoms with Gasteiger partial charge in [-0.05, 0) is 25.0 Å². The van der Waals surface area contributed by atoms with E-state index in [-0.39, 0.29) is 12.5 Å². The zero-order valence-electron chi connectivity index (χ0n) is 10.3. The van der Waals surface area contributed by atoms with Crippen molar-refractivity contribution >= 4 is 5.91 Å². The van der Waals surface area contributed by atoms with Gasteiger partial charge in [-0.2, -0.15) is 0 Å². The van der Waals surface area contributed by atoms with Gasteiger partial charge in [0, 0.05) is 6.08 Å².